The van der Waals surface area contributed by atoms with Gasteiger partial charge in [-0.25, -0.2) is 4.79 Å². The monoisotopic (exact) mass is 592 g/mol. The van der Waals surface area contributed by atoms with Gasteiger partial charge in [0.25, 0.3) is 5.91 Å². The number of methoxy groups -OCH3 is 4. The molecule has 0 radical (unpaired) electrons. The smallest absolute Gasteiger partial charge is 0.405 e. The third kappa shape index (κ3) is 10.0. The lowest BCUT2D eigenvalue weighted by molar-refractivity contribution is -0.136. The number of nitrogens with one attached hydrogen (secondary N) is 1. The third-order valence-corrected chi connectivity index (χ3v) is 7.49. The van der Waals surface area contributed by atoms with Crippen LogP contribution in [0.15, 0.2) is 35.4 Å². The van der Waals surface area contributed by atoms with Crippen molar-refractivity contribution in [2.45, 2.75) is 77.8 Å². The van der Waals surface area contributed by atoms with E-state index >= 15 is 0 Å². The molecular weight excluding hydrogens is 544 g/mol. The number of benzene rings is 1. The van der Waals surface area contributed by atoms with E-state index in [4.69, 9.17) is 34.2 Å². The van der Waals surface area contributed by atoms with Gasteiger partial charge in [-0.15, -0.1) is 0 Å². The predicted octanol–water partition coefficient (Wildman–Crippen LogP) is 4.71. The standard InChI is InChI=1S/C31H48N2O9/c1-18-12-22-15-23(16-24(34)29(22)40-8)33-30(35)19(2)10-9-11-25(38-6)28(42-31(32)36)21(4)14-20(3)27(41-17-37-5)26(13-18)39-7/h10,14-16,18,20,25-28,34H,9,11-13,17H2,1-8H3,(H2,32,36)(H,33,35)/b19-10+,21-14+/t18-,20-,25+,26+,27-,28+/m0/s1. The lowest BCUT2D eigenvalue weighted by Crippen LogP contribution is -2.39. The van der Waals surface area contributed by atoms with Crippen LogP contribution < -0.4 is 15.8 Å². The number of aromatic hydroxyl groups is 1. The number of phenolic OH excluding ortho intramolecular Hbond substituents is 1. The zero-order valence-electron chi connectivity index (χ0n) is 26.1. The van der Waals surface area contributed by atoms with E-state index in [1.54, 1.807) is 27.2 Å². The van der Waals surface area contributed by atoms with Crippen molar-refractivity contribution in [3.05, 3.63) is 41.0 Å². The molecule has 1 aliphatic rings. The summed E-state index contributed by atoms with van der Waals surface area (Å²) < 4.78 is 34.0. The van der Waals surface area contributed by atoms with Gasteiger partial charge in [0.2, 0.25) is 0 Å². The van der Waals surface area contributed by atoms with Gasteiger partial charge in [0.05, 0.1) is 25.4 Å². The number of phenols is 1. The fourth-order valence-electron chi connectivity index (χ4n) is 5.47. The Balaban J connectivity index is 2.61. The average molecular weight is 593 g/mol. The van der Waals surface area contributed by atoms with Gasteiger partial charge in [-0.2, -0.15) is 0 Å². The summed E-state index contributed by atoms with van der Waals surface area (Å²) in [5, 5.41) is 13.6. The van der Waals surface area contributed by atoms with Crippen molar-refractivity contribution in [1.82, 2.24) is 0 Å². The second kappa shape index (κ2) is 17.1. The lowest BCUT2D eigenvalue weighted by Gasteiger charge is -2.32. The summed E-state index contributed by atoms with van der Waals surface area (Å²) in [4.78, 5) is 24.8. The number of ether oxygens (including phenoxy) is 6. The number of allylic oxidation sites excluding steroid dienone is 1. The number of carbonyl (C=O) groups is 2. The van der Waals surface area contributed by atoms with Crippen molar-refractivity contribution in [2.24, 2.45) is 17.6 Å². The zero-order valence-corrected chi connectivity index (χ0v) is 26.1. The molecule has 1 aliphatic heterocycles. The van der Waals surface area contributed by atoms with E-state index in [9.17, 15) is 14.7 Å². The van der Waals surface area contributed by atoms with Crippen LogP contribution >= 0.6 is 0 Å². The van der Waals surface area contributed by atoms with Gasteiger partial charge in [-0.3, -0.25) is 4.79 Å². The Hall–Kier alpha value is -3.12. The molecule has 2 rings (SSSR count). The first-order chi connectivity index (χ1) is 19.9. The van der Waals surface area contributed by atoms with Crippen LogP contribution in [0.3, 0.4) is 0 Å². The molecule has 11 nitrogen and oxygen atoms in total. The van der Waals surface area contributed by atoms with Gasteiger partial charge in [-0.1, -0.05) is 26.0 Å². The highest BCUT2D eigenvalue weighted by Gasteiger charge is 2.32. The fraction of sp³-hybridized carbons (Fsp3) is 0.613. The Bertz CT molecular complexity index is 1100. The van der Waals surface area contributed by atoms with Crippen LogP contribution in [-0.4, -0.2) is 76.8 Å². The maximum Gasteiger partial charge on any atom is 0.405 e. The Morgan fingerprint density at radius 1 is 1.10 bits per heavy atom. The van der Waals surface area contributed by atoms with Crippen molar-refractivity contribution in [2.75, 3.05) is 40.5 Å². The van der Waals surface area contributed by atoms with Crippen molar-refractivity contribution >= 4 is 17.7 Å². The van der Waals surface area contributed by atoms with Crippen molar-refractivity contribution < 1.29 is 43.1 Å². The van der Waals surface area contributed by atoms with E-state index in [1.165, 1.54) is 20.3 Å². The van der Waals surface area contributed by atoms with Gasteiger partial charge in [0.15, 0.2) is 17.6 Å². The number of nitrogens with two attached hydrogens (primary N) is 1. The number of hydrogen-bond acceptors (Lipinski definition) is 9. The number of carbonyl (C=O) groups excluding carboxylic acids is 2. The molecule has 11 heteroatoms. The van der Waals surface area contributed by atoms with E-state index in [0.717, 1.165) is 11.1 Å². The summed E-state index contributed by atoms with van der Waals surface area (Å²) in [6.07, 6.45) is 2.92. The highest BCUT2D eigenvalue weighted by molar-refractivity contribution is 6.03. The number of rotatable bonds is 7. The number of amides is 2. The summed E-state index contributed by atoms with van der Waals surface area (Å²) in [7, 11) is 6.23. The Morgan fingerprint density at radius 3 is 2.38 bits per heavy atom. The minimum atomic E-state index is -0.914. The van der Waals surface area contributed by atoms with Crippen LogP contribution in [-0.2, 0) is 34.9 Å². The molecule has 0 unspecified atom stereocenters. The van der Waals surface area contributed by atoms with Crippen LogP contribution in [0, 0.1) is 11.8 Å². The van der Waals surface area contributed by atoms with E-state index in [2.05, 4.69) is 12.2 Å². The maximum absolute atomic E-state index is 13.0. The largest absolute Gasteiger partial charge is 0.504 e. The number of primary amides is 1. The molecule has 0 fully saturated rings. The van der Waals surface area contributed by atoms with Crippen LogP contribution in [0.4, 0.5) is 10.5 Å². The normalized spacial score (nSPS) is 29.0. The molecule has 1 heterocycles. The quantitative estimate of drug-likeness (QED) is 0.302. The van der Waals surface area contributed by atoms with Gasteiger partial charge in [-0.05, 0) is 57.1 Å². The summed E-state index contributed by atoms with van der Waals surface area (Å²) in [5.41, 5.74) is 7.88. The molecule has 0 aliphatic carbocycles. The lowest BCUT2D eigenvalue weighted by atomic mass is 9.87. The van der Waals surface area contributed by atoms with Gasteiger partial charge >= 0.3 is 6.09 Å². The average Bonchev–Trinajstić information content (AvgIpc) is 2.92. The minimum Gasteiger partial charge on any atom is -0.504 e. The molecule has 2 amide bonds. The predicted molar refractivity (Wildman–Crippen MR) is 159 cm³/mol. The molecule has 1 aromatic rings. The molecule has 236 valence electrons. The fourth-order valence-corrected chi connectivity index (χ4v) is 5.47. The molecule has 0 spiro atoms. The SMILES string of the molecule is COCO[C@H]1[C@@H](C)/C=C(\C)[C@@H](OC(N)=O)[C@H](OC)CC/C=C(\C)C(=O)Nc2cc(O)c(OC)c(c2)C[C@H](C)C[C@H]1OC. The first-order valence-electron chi connectivity index (χ1n) is 14.1. The van der Waals surface area contributed by atoms with E-state index < -0.39 is 24.4 Å². The molecule has 1 aromatic carbocycles. The third-order valence-electron chi connectivity index (χ3n) is 7.49. The molecule has 0 saturated carbocycles. The van der Waals surface area contributed by atoms with E-state index in [-0.39, 0.29) is 36.4 Å². The molecule has 6 atom stereocenters. The molecular formula is C31H48N2O9. The summed E-state index contributed by atoms with van der Waals surface area (Å²) in [5.74, 6) is -0.128. The van der Waals surface area contributed by atoms with Crippen LogP contribution in [0.25, 0.3) is 0 Å². The van der Waals surface area contributed by atoms with E-state index in [1.807, 2.05) is 26.0 Å². The summed E-state index contributed by atoms with van der Waals surface area (Å²) in [6.45, 7) is 7.70. The van der Waals surface area contributed by atoms with E-state index in [0.29, 0.717) is 42.7 Å². The Labute approximate surface area is 249 Å². The molecule has 0 aromatic heterocycles. The van der Waals surface area contributed by atoms with Gasteiger partial charge in [0, 0.05) is 50.1 Å². The number of hydrogen-bond donors (Lipinski definition) is 3. The van der Waals surface area contributed by atoms with Crippen molar-refractivity contribution in [3.8, 4) is 11.5 Å². The van der Waals surface area contributed by atoms with Crippen LogP contribution in [0.2, 0.25) is 0 Å². The summed E-state index contributed by atoms with van der Waals surface area (Å²) >= 11 is 0. The number of anilines is 1. The van der Waals surface area contributed by atoms with Crippen molar-refractivity contribution in [3.63, 3.8) is 0 Å². The first-order valence-corrected chi connectivity index (χ1v) is 14.1. The second-order valence-electron chi connectivity index (χ2n) is 10.9. The maximum atomic E-state index is 13.0. The highest BCUT2D eigenvalue weighted by Crippen LogP contribution is 2.36. The topological polar surface area (TPSA) is 148 Å². The molecule has 0 saturated heterocycles. The molecule has 4 N–H and O–H groups in total. The second-order valence-corrected chi connectivity index (χ2v) is 10.9. The highest BCUT2D eigenvalue weighted by atomic mass is 16.7. The van der Waals surface area contributed by atoms with Crippen LogP contribution in [0.5, 0.6) is 11.5 Å². The van der Waals surface area contributed by atoms with Gasteiger partial charge in [0.1, 0.15) is 6.79 Å². The van der Waals surface area contributed by atoms with Gasteiger partial charge < -0.3 is 44.6 Å². The van der Waals surface area contributed by atoms with Crippen molar-refractivity contribution in [1.29, 1.82) is 0 Å². The van der Waals surface area contributed by atoms with Crippen LogP contribution in [0.1, 0.15) is 52.5 Å². The Kier molecular flexibility index (Phi) is 14.3. The minimum absolute atomic E-state index is 0.0626. The molecule has 2 bridgehead atoms. The Morgan fingerprint density at radius 2 is 1.79 bits per heavy atom. The zero-order chi connectivity index (χ0) is 31.4. The molecule has 42 heavy (non-hydrogen) atoms. The first kappa shape index (κ1) is 35.1. The summed E-state index contributed by atoms with van der Waals surface area (Å²) in [6, 6.07) is 3.28. The number of fused-ring (bicyclic) bond motifs is 2.